The van der Waals surface area contributed by atoms with Gasteiger partial charge >= 0.3 is 5.97 Å². The highest BCUT2D eigenvalue weighted by Gasteiger charge is 2.14. The summed E-state index contributed by atoms with van der Waals surface area (Å²) in [7, 11) is 1.34. The summed E-state index contributed by atoms with van der Waals surface area (Å²) in [6.07, 6.45) is 0. The largest absolute Gasteiger partial charge is 0.465 e. The zero-order chi connectivity index (χ0) is 18.2. The van der Waals surface area contributed by atoms with E-state index in [2.05, 4.69) is 10.1 Å². The molecular weight excluding hydrogens is 340 g/mol. The van der Waals surface area contributed by atoms with Crippen LogP contribution in [0, 0.1) is 0 Å². The van der Waals surface area contributed by atoms with Crippen LogP contribution in [0.4, 0.5) is 0 Å². The van der Waals surface area contributed by atoms with Gasteiger partial charge in [0.1, 0.15) is 6.04 Å². The van der Waals surface area contributed by atoms with Gasteiger partial charge in [-0.15, -0.1) is 0 Å². The van der Waals surface area contributed by atoms with Crippen LogP contribution in [0.15, 0.2) is 48.5 Å². The van der Waals surface area contributed by atoms with Gasteiger partial charge in [-0.05, 0) is 30.7 Å². The molecule has 132 valence electrons. The van der Waals surface area contributed by atoms with Gasteiger partial charge in [0.25, 0.3) is 5.91 Å². The number of hydrogen-bond donors (Lipinski definition) is 2. The summed E-state index contributed by atoms with van der Waals surface area (Å²) in [5.74, 6) is -0.435. The minimum absolute atomic E-state index is 0.0593. The fourth-order valence-electron chi connectivity index (χ4n) is 2.40. The molecule has 0 bridgehead atoms. The first-order valence-electron chi connectivity index (χ1n) is 8.03. The summed E-state index contributed by atoms with van der Waals surface area (Å²) in [5.41, 5.74) is 2.41. The molecule has 0 saturated carbocycles. The van der Waals surface area contributed by atoms with Crippen LogP contribution in [0.1, 0.15) is 34.5 Å². The maximum absolute atomic E-state index is 12.0. The third-order valence-corrected chi connectivity index (χ3v) is 4.26. The molecule has 1 atom stereocenters. The number of nitrogens with one attached hydrogen (secondary N) is 1. The summed E-state index contributed by atoms with van der Waals surface area (Å²) in [6, 6.07) is 14.7. The molecule has 0 aliphatic heterocycles. The van der Waals surface area contributed by atoms with E-state index in [9.17, 15) is 9.59 Å². The Hall–Kier alpha value is -2.37. The highest BCUT2D eigenvalue weighted by atomic mass is 35.5. The molecule has 0 spiro atoms. The van der Waals surface area contributed by atoms with Crippen molar-refractivity contribution in [1.29, 1.82) is 0 Å². The SMILES string of the molecule is COC(=O)c1ccc(CNC(=O)C[NH2+][C@H](C)c2ccccc2Cl)cc1. The van der Waals surface area contributed by atoms with E-state index < -0.39 is 0 Å². The van der Waals surface area contributed by atoms with Gasteiger partial charge in [-0.1, -0.05) is 41.9 Å². The Morgan fingerprint density at radius 3 is 2.48 bits per heavy atom. The lowest BCUT2D eigenvalue weighted by Crippen LogP contribution is -2.87. The Morgan fingerprint density at radius 1 is 1.16 bits per heavy atom. The van der Waals surface area contributed by atoms with E-state index in [1.54, 1.807) is 24.3 Å². The van der Waals surface area contributed by atoms with Gasteiger partial charge in [-0.25, -0.2) is 4.79 Å². The minimum atomic E-state index is -0.376. The van der Waals surface area contributed by atoms with Crippen molar-refractivity contribution in [1.82, 2.24) is 5.32 Å². The number of halogens is 1. The number of carbonyl (C=O) groups is 2. The number of rotatable bonds is 7. The Bertz CT molecular complexity index is 732. The maximum Gasteiger partial charge on any atom is 0.337 e. The lowest BCUT2D eigenvalue weighted by molar-refractivity contribution is -0.682. The first-order chi connectivity index (χ1) is 12.0. The van der Waals surface area contributed by atoms with Crippen LogP contribution < -0.4 is 10.6 Å². The van der Waals surface area contributed by atoms with E-state index in [1.807, 2.05) is 36.5 Å². The summed E-state index contributed by atoms with van der Waals surface area (Å²) in [6.45, 7) is 2.74. The lowest BCUT2D eigenvalue weighted by atomic mass is 10.1. The van der Waals surface area contributed by atoms with Gasteiger partial charge in [0, 0.05) is 17.1 Å². The van der Waals surface area contributed by atoms with Crippen LogP contribution in [-0.4, -0.2) is 25.5 Å². The molecule has 1 amide bonds. The molecule has 0 fully saturated rings. The molecule has 2 rings (SSSR count). The molecule has 0 aliphatic rings. The van der Waals surface area contributed by atoms with E-state index in [0.29, 0.717) is 23.7 Å². The van der Waals surface area contributed by atoms with Crippen molar-refractivity contribution in [2.24, 2.45) is 0 Å². The van der Waals surface area contributed by atoms with Crippen LogP contribution in [-0.2, 0) is 16.1 Å². The molecular formula is C19H22ClN2O3+. The number of carbonyl (C=O) groups excluding carboxylic acids is 2. The van der Waals surface area contributed by atoms with Gasteiger partial charge < -0.3 is 15.4 Å². The number of quaternary nitrogens is 1. The Balaban J connectivity index is 1.79. The molecule has 0 unspecified atom stereocenters. The van der Waals surface area contributed by atoms with E-state index >= 15 is 0 Å². The number of ether oxygens (including phenoxy) is 1. The van der Waals surface area contributed by atoms with Gasteiger partial charge in [0.2, 0.25) is 0 Å². The van der Waals surface area contributed by atoms with Crippen LogP contribution >= 0.6 is 11.6 Å². The number of esters is 1. The Morgan fingerprint density at radius 2 is 1.84 bits per heavy atom. The summed E-state index contributed by atoms with van der Waals surface area (Å²) in [4.78, 5) is 23.4. The van der Waals surface area contributed by atoms with Crippen molar-refractivity contribution in [3.05, 3.63) is 70.2 Å². The molecule has 0 heterocycles. The van der Waals surface area contributed by atoms with E-state index in [4.69, 9.17) is 11.6 Å². The minimum Gasteiger partial charge on any atom is -0.465 e. The standard InChI is InChI=1S/C19H21ClN2O3/c1-13(16-5-3-4-6-17(16)20)21-12-18(23)22-11-14-7-9-15(10-8-14)19(24)25-2/h3-10,13,21H,11-12H2,1-2H3,(H,22,23)/p+1/t13-/m1/s1. The highest BCUT2D eigenvalue weighted by Crippen LogP contribution is 2.19. The van der Waals surface area contributed by atoms with E-state index in [1.165, 1.54) is 7.11 Å². The van der Waals surface area contributed by atoms with Crippen molar-refractivity contribution >= 4 is 23.5 Å². The molecule has 6 heteroatoms. The number of methoxy groups -OCH3 is 1. The second-order valence-electron chi connectivity index (χ2n) is 5.72. The summed E-state index contributed by atoms with van der Waals surface area (Å²) < 4.78 is 4.65. The van der Waals surface area contributed by atoms with Crippen LogP contribution in [0.5, 0.6) is 0 Å². The van der Waals surface area contributed by atoms with E-state index in [0.717, 1.165) is 11.1 Å². The number of hydrogen-bond acceptors (Lipinski definition) is 3. The molecule has 0 aromatic heterocycles. The quantitative estimate of drug-likeness (QED) is 0.741. The second kappa shape index (κ2) is 9.20. The first kappa shape index (κ1) is 19.0. The molecule has 3 N–H and O–H groups in total. The normalized spacial score (nSPS) is 11.6. The zero-order valence-corrected chi connectivity index (χ0v) is 15.0. The van der Waals surface area contributed by atoms with Crippen LogP contribution in [0.3, 0.4) is 0 Å². The molecule has 2 aromatic carbocycles. The van der Waals surface area contributed by atoms with Gasteiger partial charge in [0.05, 0.1) is 12.7 Å². The summed E-state index contributed by atoms with van der Waals surface area (Å²) >= 11 is 6.17. The Kier molecular flexibility index (Phi) is 6.98. The average Bonchev–Trinajstić information content (AvgIpc) is 2.64. The van der Waals surface area contributed by atoms with Gasteiger partial charge in [-0.3, -0.25) is 4.79 Å². The predicted octanol–water partition coefficient (Wildman–Crippen LogP) is 2.07. The van der Waals surface area contributed by atoms with Crippen LogP contribution in [0.25, 0.3) is 0 Å². The van der Waals surface area contributed by atoms with Gasteiger partial charge in [0.15, 0.2) is 6.54 Å². The third kappa shape index (κ3) is 5.59. The summed E-state index contributed by atoms with van der Waals surface area (Å²) in [5, 5.41) is 5.51. The maximum atomic E-state index is 12.0. The first-order valence-corrected chi connectivity index (χ1v) is 8.40. The third-order valence-electron chi connectivity index (χ3n) is 3.92. The predicted molar refractivity (Wildman–Crippen MR) is 96.3 cm³/mol. The van der Waals surface area contributed by atoms with Crippen molar-refractivity contribution in [3.8, 4) is 0 Å². The topological polar surface area (TPSA) is 72.0 Å². The highest BCUT2D eigenvalue weighted by molar-refractivity contribution is 6.31. The molecule has 25 heavy (non-hydrogen) atoms. The average molecular weight is 362 g/mol. The molecule has 5 nitrogen and oxygen atoms in total. The number of benzene rings is 2. The molecule has 0 radical (unpaired) electrons. The van der Waals surface area contributed by atoms with E-state index in [-0.39, 0.29) is 17.9 Å². The monoisotopic (exact) mass is 361 g/mol. The van der Waals surface area contributed by atoms with Crippen molar-refractivity contribution in [3.63, 3.8) is 0 Å². The smallest absolute Gasteiger partial charge is 0.337 e. The van der Waals surface area contributed by atoms with Crippen LogP contribution in [0.2, 0.25) is 5.02 Å². The number of amides is 1. The second-order valence-corrected chi connectivity index (χ2v) is 6.12. The number of nitrogens with two attached hydrogens (primary N) is 1. The molecule has 2 aromatic rings. The van der Waals surface area contributed by atoms with Crippen molar-refractivity contribution in [2.75, 3.05) is 13.7 Å². The Labute approximate surface area is 152 Å². The zero-order valence-electron chi connectivity index (χ0n) is 14.3. The lowest BCUT2D eigenvalue weighted by Gasteiger charge is -2.12. The van der Waals surface area contributed by atoms with Gasteiger partial charge in [-0.2, -0.15) is 0 Å². The fraction of sp³-hybridized carbons (Fsp3) is 0.263. The van der Waals surface area contributed by atoms with Crippen molar-refractivity contribution < 1.29 is 19.6 Å². The molecule has 0 saturated heterocycles. The van der Waals surface area contributed by atoms with Crippen molar-refractivity contribution in [2.45, 2.75) is 19.5 Å². The molecule has 0 aliphatic carbocycles. The fourth-order valence-corrected chi connectivity index (χ4v) is 2.71.